The second-order valence-corrected chi connectivity index (χ2v) is 4.28. The fourth-order valence-corrected chi connectivity index (χ4v) is 2.10. The second kappa shape index (κ2) is 5.44. The minimum absolute atomic E-state index is 0.512. The number of halogens is 2. The van der Waals surface area contributed by atoms with Crippen LogP contribution in [0.4, 0.5) is 8.78 Å². The van der Waals surface area contributed by atoms with Crippen molar-refractivity contribution in [3.05, 3.63) is 29.6 Å². The van der Waals surface area contributed by atoms with Gasteiger partial charge in [0.05, 0.1) is 11.0 Å². The van der Waals surface area contributed by atoms with Gasteiger partial charge in [0.25, 0.3) is 0 Å². The molecule has 0 aliphatic rings. The number of rotatable bonds is 5. The lowest BCUT2D eigenvalue weighted by molar-refractivity contribution is 0.510. The highest BCUT2D eigenvalue weighted by Crippen LogP contribution is 2.21. The number of aromatic nitrogens is 2. The van der Waals surface area contributed by atoms with Gasteiger partial charge in [-0.25, -0.2) is 13.8 Å². The van der Waals surface area contributed by atoms with Crippen molar-refractivity contribution < 1.29 is 8.78 Å². The van der Waals surface area contributed by atoms with E-state index in [0.717, 1.165) is 37.7 Å². The molecule has 5 heteroatoms. The molecule has 2 aromatic rings. The molecule has 98 valence electrons. The van der Waals surface area contributed by atoms with Crippen LogP contribution in [0.15, 0.2) is 12.1 Å². The van der Waals surface area contributed by atoms with Crippen LogP contribution in [0.1, 0.15) is 25.6 Å². The Balaban J connectivity index is 2.44. The van der Waals surface area contributed by atoms with E-state index in [1.807, 2.05) is 11.5 Å². The molecule has 1 aromatic carbocycles. The summed E-state index contributed by atoms with van der Waals surface area (Å²) >= 11 is 0. The van der Waals surface area contributed by atoms with E-state index in [-0.39, 0.29) is 0 Å². The molecule has 0 saturated carbocycles. The summed E-state index contributed by atoms with van der Waals surface area (Å²) in [4.78, 5) is 4.34. The number of hydrogen-bond donors (Lipinski definition) is 1. The summed E-state index contributed by atoms with van der Waals surface area (Å²) in [5.41, 5.74) is 6.63. The van der Waals surface area contributed by atoms with Crippen LogP contribution in [0.3, 0.4) is 0 Å². The minimum atomic E-state index is -0.850. The Kier molecular flexibility index (Phi) is 3.91. The zero-order chi connectivity index (χ0) is 13.1. The van der Waals surface area contributed by atoms with Gasteiger partial charge in [-0.05, 0) is 19.4 Å². The molecule has 2 rings (SSSR count). The van der Waals surface area contributed by atoms with Gasteiger partial charge in [-0.3, -0.25) is 0 Å². The fraction of sp³-hybridized carbons (Fsp3) is 0.462. The number of imidazole rings is 1. The van der Waals surface area contributed by atoms with Gasteiger partial charge in [0, 0.05) is 25.1 Å². The molecule has 1 aromatic heterocycles. The highest BCUT2D eigenvalue weighted by molar-refractivity contribution is 5.76. The molecule has 0 spiro atoms. The van der Waals surface area contributed by atoms with Crippen molar-refractivity contribution in [1.29, 1.82) is 0 Å². The molecule has 18 heavy (non-hydrogen) atoms. The first kappa shape index (κ1) is 13.0. The molecule has 0 bridgehead atoms. The Morgan fingerprint density at radius 2 is 1.94 bits per heavy atom. The number of benzene rings is 1. The highest BCUT2D eigenvalue weighted by atomic mass is 19.2. The number of fused-ring (bicyclic) bond motifs is 1. The first-order valence-electron chi connectivity index (χ1n) is 6.21. The van der Waals surface area contributed by atoms with Gasteiger partial charge in [0.1, 0.15) is 5.82 Å². The van der Waals surface area contributed by atoms with Gasteiger partial charge >= 0.3 is 0 Å². The molecule has 0 unspecified atom stereocenters. The summed E-state index contributed by atoms with van der Waals surface area (Å²) in [6.45, 7) is 3.35. The third-order valence-corrected chi connectivity index (χ3v) is 3.02. The standard InChI is InChI=1S/C13H17F2N3/c1-2-13-17-11-7-9(14)10(15)8-12(11)18(13)6-4-3-5-16/h7-8H,2-6,16H2,1H3. The Morgan fingerprint density at radius 3 is 2.61 bits per heavy atom. The third-order valence-electron chi connectivity index (χ3n) is 3.02. The summed E-state index contributed by atoms with van der Waals surface area (Å²) < 4.78 is 28.4. The van der Waals surface area contributed by atoms with Crippen LogP contribution in [0.5, 0.6) is 0 Å². The lowest BCUT2D eigenvalue weighted by atomic mass is 10.2. The van der Waals surface area contributed by atoms with E-state index in [0.29, 0.717) is 17.6 Å². The molecule has 0 atom stereocenters. The SMILES string of the molecule is CCc1nc2cc(F)c(F)cc2n1CCCCN. The van der Waals surface area contributed by atoms with Crippen molar-refractivity contribution >= 4 is 11.0 Å². The van der Waals surface area contributed by atoms with E-state index in [1.54, 1.807) is 0 Å². The van der Waals surface area contributed by atoms with Crippen molar-refractivity contribution in [1.82, 2.24) is 9.55 Å². The first-order valence-corrected chi connectivity index (χ1v) is 6.21. The van der Waals surface area contributed by atoms with Gasteiger partial charge < -0.3 is 10.3 Å². The summed E-state index contributed by atoms with van der Waals surface area (Å²) in [5.74, 6) is -0.825. The molecular weight excluding hydrogens is 236 g/mol. The van der Waals surface area contributed by atoms with E-state index >= 15 is 0 Å². The zero-order valence-corrected chi connectivity index (χ0v) is 10.4. The van der Waals surface area contributed by atoms with E-state index in [4.69, 9.17) is 5.73 Å². The smallest absolute Gasteiger partial charge is 0.161 e. The maximum atomic E-state index is 13.3. The largest absolute Gasteiger partial charge is 0.330 e. The fourth-order valence-electron chi connectivity index (χ4n) is 2.10. The van der Waals surface area contributed by atoms with Crippen molar-refractivity contribution in [2.45, 2.75) is 32.7 Å². The lowest BCUT2D eigenvalue weighted by Crippen LogP contribution is -2.06. The van der Waals surface area contributed by atoms with E-state index in [9.17, 15) is 8.78 Å². The van der Waals surface area contributed by atoms with Crippen molar-refractivity contribution in [2.24, 2.45) is 5.73 Å². The monoisotopic (exact) mass is 253 g/mol. The molecule has 1 heterocycles. The summed E-state index contributed by atoms with van der Waals surface area (Å²) in [6, 6.07) is 2.38. The van der Waals surface area contributed by atoms with Crippen molar-refractivity contribution in [2.75, 3.05) is 6.54 Å². The van der Waals surface area contributed by atoms with Crippen LogP contribution in [-0.2, 0) is 13.0 Å². The Morgan fingerprint density at radius 1 is 1.22 bits per heavy atom. The normalized spacial score (nSPS) is 11.3. The van der Waals surface area contributed by atoms with Crippen LogP contribution in [-0.4, -0.2) is 16.1 Å². The average molecular weight is 253 g/mol. The molecule has 0 aliphatic carbocycles. The molecule has 2 N–H and O–H groups in total. The second-order valence-electron chi connectivity index (χ2n) is 4.28. The van der Waals surface area contributed by atoms with Crippen LogP contribution in [0.2, 0.25) is 0 Å². The topological polar surface area (TPSA) is 43.8 Å². The van der Waals surface area contributed by atoms with Crippen LogP contribution >= 0.6 is 0 Å². The van der Waals surface area contributed by atoms with E-state index < -0.39 is 11.6 Å². The molecule has 3 nitrogen and oxygen atoms in total. The molecule has 0 radical (unpaired) electrons. The molecule has 0 fully saturated rings. The summed E-state index contributed by atoms with van der Waals surface area (Å²) in [7, 11) is 0. The van der Waals surface area contributed by atoms with Crippen molar-refractivity contribution in [3.8, 4) is 0 Å². The molecule has 0 aliphatic heterocycles. The Hall–Kier alpha value is -1.49. The minimum Gasteiger partial charge on any atom is -0.330 e. The van der Waals surface area contributed by atoms with Crippen LogP contribution in [0.25, 0.3) is 11.0 Å². The van der Waals surface area contributed by atoms with Gasteiger partial charge in [-0.15, -0.1) is 0 Å². The Labute approximate surface area is 105 Å². The van der Waals surface area contributed by atoms with Gasteiger partial charge in [0.2, 0.25) is 0 Å². The van der Waals surface area contributed by atoms with Crippen LogP contribution in [0, 0.1) is 11.6 Å². The highest BCUT2D eigenvalue weighted by Gasteiger charge is 2.12. The van der Waals surface area contributed by atoms with Gasteiger partial charge in [-0.2, -0.15) is 0 Å². The number of aryl methyl sites for hydroxylation is 2. The number of nitrogens with zero attached hydrogens (tertiary/aromatic N) is 2. The maximum absolute atomic E-state index is 13.3. The summed E-state index contributed by atoms with van der Waals surface area (Å²) in [6.07, 6.45) is 2.56. The molecular formula is C13H17F2N3. The molecule has 0 amide bonds. The van der Waals surface area contributed by atoms with Crippen molar-refractivity contribution in [3.63, 3.8) is 0 Å². The van der Waals surface area contributed by atoms with Gasteiger partial charge in [-0.1, -0.05) is 6.92 Å². The quantitative estimate of drug-likeness (QED) is 0.832. The van der Waals surface area contributed by atoms with E-state index in [2.05, 4.69) is 4.98 Å². The van der Waals surface area contributed by atoms with Crippen LogP contribution < -0.4 is 5.73 Å². The number of unbranched alkanes of at least 4 members (excludes halogenated alkanes) is 1. The zero-order valence-electron chi connectivity index (χ0n) is 10.4. The van der Waals surface area contributed by atoms with Gasteiger partial charge in [0.15, 0.2) is 11.6 Å². The summed E-state index contributed by atoms with van der Waals surface area (Å²) in [5, 5.41) is 0. The average Bonchev–Trinajstić information content (AvgIpc) is 2.68. The first-order chi connectivity index (χ1) is 8.67. The Bertz CT molecular complexity index is 549. The third kappa shape index (κ3) is 2.36. The van der Waals surface area contributed by atoms with E-state index in [1.165, 1.54) is 6.07 Å². The predicted octanol–water partition coefficient (Wildman–Crippen LogP) is 2.62. The predicted molar refractivity (Wildman–Crippen MR) is 67.3 cm³/mol. The maximum Gasteiger partial charge on any atom is 0.161 e. The molecule has 0 saturated heterocycles. The number of nitrogens with two attached hydrogens (primary N) is 1. The lowest BCUT2D eigenvalue weighted by Gasteiger charge is -2.07. The number of hydrogen-bond acceptors (Lipinski definition) is 2.